The molecule has 1 atom stereocenters. The summed E-state index contributed by atoms with van der Waals surface area (Å²) in [6.45, 7) is 2.01. The zero-order valence-electron chi connectivity index (χ0n) is 10.8. The van der Waals surface area contributed by atoms with Crippen molar-refractivity contribution < 1.29 is 4.79 Å². The van der Waals surface area contributed by atoms with Gasteiger partial charge in [-0.3, -0.25) is 4.79 Å². The molecule has 3 nitrogen and oxygen atoms in total. The molecule has 0 aliphatic heterocycles. The monoisotopic (exact) mass is 270 g/mol. The second-order valence-corrected chi connectivity index (χ2v) is 5.28. The molecule has 0 unspecified atom stereocenters. The fourth-order valence-electron chi connectivity index (χ4n) is 1.79. The standard InChI is InChI=1S/C15H14N2OS/c1-11(14-4-3-9-19-14)17(2)15(18)13-7-5-12(10-16)6-8-13/h3-9,11H,1-2H3/t11-/m0/s1. The molecule has 1 heterocycles. The molecule has 1 aromatic carbocycles. The predicted octanol–water partition coefficient (Wildman–Crippen LogP) is 3.45. The van der Waals surface area contributed by atoms with Crippen molar-refractivity contribution in [3.05, 3.63) is 57.8 Å². The van der Waals surface area contributed by atoms with E-state index in [-0.39, 0.29) is 11.9 Å². The van der Waals surface area contributed by atoms with Gasteiger partial charge in [0.15, 0.2) is 0 Å². The Kier molecular flexibility index (Phi) is 3.98. The van der Waals surface area contributed by atoms with Crippen LogP contribution in [0.2, 0.25) is 0 Å². The average molecular weight is 270 g/mol. The third-order valence-corrected chi connectivity index (χ3v) is 4.16. The van der Waals surface area contributed by atoms with Crippen molar-refractivity contribution in [2.75, 3.05) is 7.05 Å². The minimum atomic E-state index is -0.0367. The summed E-state index contributed by atoms with van der Waals surface area (Å²) >= 11 is 1.64. The van der Waals surface area contributed by atoms with Gasteiger partial charge >= 0.3 is 0 Å². The fraction of sp³-hybridized carbons (Fsp3) is 0.200. The van der Waals surface area contributed by atoms with Gasteiger partial charge in [0.25, 0.3) is 5.91 Å². The number of hydrogen-bond acceptors (Lipinski definition) is 3. The molecule has 0 aliphatic carbocycles. The van der Waals surface area contributed by atoms with Gasteiger partial charge in [0.05, 0.1) is 17.7 Å². The molecule has 0 aliphatic rings. The maximum Gasteiger partial charge on any atom is 0.254 e. The number of carbonyl (C=O) groups excluding carboxylic acids is 1. The van der Waals surface area contributed by atoms with Gasteiger partial charge in [0.2, 0.25) is 0 Å². The lowest BCUT2D eigenvalue weighted by Gasteiger charge is -2.24. The van der Waals surface area contributed by atoms with Crippen LogP contribution in [0.15, 0.2) is 41.8 Å². The molecule has 19 heavy (non-hydrogen) atoms. The molecule has 0 bridgehead atoms. The van der Waals surface area contributed by atoms with Gasteiger partial charge in [0.1, 0.15) is 0 Å². The quantitative estimate of drug-likeness (QED) is 0.857. The Morgan fingerprint density at radius 3 is 2.53 bits per heavy atom. The number of nitrogens with zero attached hydrogens (tertiary/aromatic N) is 2. The third kappa shape index (κ3) is 2.83. The van der Waals surface area contributed by atoms with Crippen LogP contribution < -0.4 is 0 Å². The highest BCUT2D eigenvalue weighted by molar-refractivity contribution is 7.10. The number of nitriles is 1. The summed E-state index contributed by atoms with van der Waals surface area (Å²) in [6.07, 6.45) is 0. The van der Waals surface area contributed by atoms with E-state index in [0.717, 1.165) is 4.88 Å². The summed E-state index contributed by atoms with van der Waals surface area (Å²) in [5, 5.41) is 10.8. The van der Waals surface area contributed by atoms with Crippen LogP contribution in [0, 0.1) is 11.3 Å². The van der Waals surface area contributed by atoms with Crippen molar-refractivity contribution in [3.63, 3.8) is 0 Å². The summed E-state index contributed by atoms with van der Waals surface area (Å²) in [7, 11) is 1.80. The zero-order valence-corrected chi connectivity index (χ0v) is 11.6. The Morgan fingerprint density at radius 1 is 1.32 bits per heavy atom. The lowest BCUT2D eigenvalue weighted by Crippen LogP contribution is -2.29. The van der Waals surface area contributed by atoms with Gasteiger partial charge in [0, 0.05) is 17.5 Å². The van der Waals surface area contributed by atoms with Gasteiger partial charge in [-0.25, -0.2) is 0 Å². The minimum absolute atomic E-state index is 0.0367. The molecule has 0 N–H and O–H groups in total. The molecule has 4 heteroatoms. The van der Waals surface area contributed by atoms with Crippen LogP contribution in [-0.4, -0.2) is 17.9 Å². The average Bonchev–Trinajstić information content (AvgIpc) is 2.99. The van der Waals surface area contributed by atoms with Crippen molar-refractivity contribution in [1.29, 1.82) is 5.26 Å². The van der Waals surface area contributed by atoms with E-state index in [1.165, 1.54) is 0 Å². The number of benzene rings is 1. The highest BCUT2D eigenvalue weighted by Gasteiger charge is 2.19. The van der Waals surface area contributed by atoms with Gasteiger partial charge in [-0.1, -0.05) is 6.07 Å². The third-order valence-electron chi connectivity index (χ3n) is 3.12. The molecular formula is C15H14N2OS. The molecule has 0 spiro atoms. The number of carbonyl (C=O) groups is 1. The van der Waals surface area contributed by atoms with E-state index in [2.05, 4.69) is 0 Å². The number of thiophene rings is 1. The van der Waals surface area contributed by atoms with Gasteiger partial charge in [-0.05, 0) is 42.6 Å². The molecule has 1 aromatic heterocycles. The van der Waals surface area contributed by atoms with Crippen molar-refractivity contribution in [2.24, 2.45) is 0 Å². The van der Waals surface area contributed by atoms with E-state index in [0.29, 0.717) is 11.1 Å². The van der Waals surface area contributed by atoms with E-state index in [4.69, 9.17) is 5.26 Å². The lowest BCUT2D eigenvalue weighted by atomic mass is 10.1. The summed E-state index contributed by atoms with van der Waals surface area (Å²) in [6, 6.07) is 12.8. The van der Waals surface area contributed by atoms with E-state index < -0.39 is 0 Å². The molecule has 2 aromatic rings. The largest absolute Gasteiger partial charge is 0.334 e. The van der Waals surface area contributed by atoms with Crippen molar-refractivity contribution in [1.82, 2.24) is 4.90 Å². The van der Waals surface area contributed by atoms with Crippen molar-refractivity contribution in [3.8, 4) is 6.07 Å². The smallest absolute Gasteiger partial charge is 0.254 e. The van der Waals surface area contributed by atoms with Crippen molar-refractivity contribution >= 4 is 17.2 Å². The number of amides is 1. The number of hydrogen-bond donors (Lipinski definition) is 0. The Balaban J connectivity index is 2.16. The Labute approximate surface area is 116 Å². The van der Waals surface area contributed by atoms with Crippen LogP contribution in [0.25, 0.3) is 0 Å². The Hall–Kier alpha value is -2.12. The second-order valence-electron chi connectivity index (χ2n) is 4.30. The summed E-state index contributed by atoms with van der Waals surface area (Å²) in [5.41, 5.74) is 1.16. The first-order chi connectivity index (χ1) is 9.13. The van der Waals surface area contributed by atoms with Crippen LogP contribution in [-0.2, 0) is 0 Å². The Morgan fingerprint density at radius 2 is 2.00 bits per heavy atom. The van der Waals surface area contributed by atoms with Crippen LogP contribution in [0.5, 0.6) is 0 Å². The van der Waals surface area contributed by atoms with Crippen LogP contribution in [0.4, 0.5) is 0 Å². The summed E-state index contributed by atoms with van der Waals surface area (Å²) in [4.78, 5) is 15.2. The molecular weight excluding hydrogens is 256 g/mol. The SMILES string of the molecule is C[C@@H](c1cccs1)N(C)C(=O)c1ccc(C#N)cc1. The number of rotatable bonds is 3. The molecule has 0 saturated carbocycles. The fourth-order valence-corrected chi connectivity index (χ4v) is 2.61. The van der Waals surface area contributed by atoms with Crippen LogP contribution in [0.3, 0.4) is 0 Å². The molecule has 0 fully saturated rings. The Bertz CT molecular complexity index is 596. The van der Waals surface area contributed by atoms with Crippen molar-refractivity contribution in [2.45, 2.75) is 13.0 Å². The highest BCUT2D eigenvalue weighted by atomic mass is 32.1. The van der Waals surface area contributed by atoms with Crippen LogP contribution >= 0.6 is 11.3 Å². The molecule has 1 amide bonds. The lowest BCUT2D eigenvalue weighted by molar-refractivity contribution is 0.0745. The summed E-state index contributed by atoms with van der Waals surface area (Å²) < 4.78 is 0. The van der Waals surface area contributed by atoms with Gasteiger partial charge in [-0.15, -0.1) is 11.3 Å². The first-order valence-electron chi connectivity index (χ1n) is 5.94. The molecule has 0 saturated heterocycles. The minimum Gasteiger partial charge on any atom is -0.334 e. The maximum absolute atomic E-state index is 12.3. The first kappa shape index (κ1) is 13.3. The summed E-state index contributed by atoms with van der Waals surface area (Å²) in [5.74, 6) is -0.0367. The normalized spacial score (nSPS) is 11.6. The molecule has 0 radical (unpaired) electrons. The predicted molar refractivity (Wildman–Crippen MR) is 76.0 cm³/mol. The van der Waals surface area contributed by atoms with E-state index in [1.54, 1.807) is 47.5 Å². The van der Waals surface area contributed by atoms with Crippen LogP contribution in [0.1, 0.15) is 33.8 Å². The van der Waals surface area contributed by atoms with E-state index in [9.17, 15) is 4.79 Å². The topological polar surface area (TPSA) is 44.1 Å². The second kappa shape index (κ2) is 5.68. The highest BCUT2D eigenvalue weighted by Crippen LogP contribution is 2.24. The molecule has 2 rings (SSSR count). The first-order valence-corrected chi connectivity index (χ1v) is 6.82. The molecule has 96 valence electrons. The van der Waals surface area contributed by atoms with Gasteiger partial charge < -0.3 is 4.90 Å². The van der Waals surface area contributed by atoms with Gasteiger partial charge in [-0.2, -0.15) is 5.26 Å². The van der Waals surface area contributed by atoms with E-state index >= 15 is 0 Å². The van der Waals surface area contributed by atoms with E-state index in [1.807, 2.05) is 30.5 Å². The maximum atomic E-state index is 12.3. The zero-order chi connectivity index (χ0) is 13.8.